The van der Waals surface area contributed by atoms with Crippen LogP contribution in [-0.4, -0.2) is 29.4 Å². The van der Waals surface area contributed by atoms with Crippen molar-refractivity contribution in [2.75, 3.05) is 11.4 Å². The van der Waals surface area contributed by atoms with E-state index in [2.05, 4.69) is 0 Å². The monoisotopic (exact) mass is 230 g/mol. The minimum absolute atomic E-state index is 0.0203. The Labute approximate surface area is 99.8 Å². The molecule has 0 unspecified atom stereocenters. The number of hydrogen-bond acceptors (Lipinski definition) is 2. The molecule has 88 valence electrons. The number of hydrogen-bond donors (Lipinski definition) is 0. The number of amides is 2. The normalized spacial score (nSPS) is 23.5. The molecule has 0 bridgehead atoms. The molecule has 3 rings (SSSR count). The number of carbonyl (C=O) groups excluding carboxylic acids is 2. The molecule has 0 aliphatic carbocycles. The standard InChI is InChI=1S/C13H14N2O2/c1-9-2-4-10(5-3-9)15-11-6-7-12(16)14(11)8-13(15)17/h2-5,11H,6-8H2,1H3/t11-/m1/s1. The lowest BCUT2D eigenvalue weighted by atomic mass is 10.2. The molecule has 2 aliphatic heterocycles. The van der Waals surface area contributed by atoms with Crippen LogP contribution >= 0.6 is 0 Å². The maximum atomic E-state index is 12.0. The molecular weight excluding hydrogens is 216 g/mol. The third-order valence-corrected chi connectivity index (χ3v) is 3.48. The molecule has 17 heavy (non-hydrogen) atoms. The van der Waals surface area contributed by atoms with Gasteiger partial charge >= 0.3 is 0 Å². The Morgan fingerprint density at radius 2 is 1.82 bits per heavy atom. The van der Waals surface area contributed by atoms with E-state index in [1.165, 1.54) is 5.56 Å². The van der Waals surface area contributed by atoms with E-state index < -0.39 is 0 Å². The molecule has 2 aliphatic rings. The van der Waals surface area contributed by atoms with Gasteiger partial charge in [0.05, 0.1) is 0 Å². The Bertz CT molecular complexity index is 481. The second-order valence-corrected chi connectivity index (χ2v) is 4.64. The van der Waals surface area contributed by atoms with Gasteiger partial charge in [-0.3, -0.25) is 14.5 Å². The fraction of sp³-hybridized carbons (Fsp3) is 0.385. The van der Waals surface area contributed by atoms with Gasteiger partial charge in [0.1, 0.15) is 12.7 Å². The Balaban J connectivity index is 1.95. The van der Waals surface area contributed by atoms with E-state index >= 15 is 0 Å². The van der Waals surface area contributed by atoms with Crippen LogP contribution in [0.5, 0.6) is 0 Å². The molecule has 1 aromatic rings. The first-order valence-electron chi connectivity index (χ1n) is 5.85. The largest absolute Gasteiger partial charge is 0.312 e. The van der Waals surface area contributed by atoms with Gasteiger partial charge in [0.25, 0.3) is 0 Å². The fourth-order valence-electron chi connectivity index (χ4n) is 2.59. The smallest absolute Gasteiger partial charge is 0.248 e. The zero-order valence-electron chi connectivity index (χ0n) is 9.72. The number of fused-ring (bicyclic) bond motifs is 1. The summed E-state index contributed by atoms with van der Waals surface area (Å²) in [4.78, 5) is 27.0. The second kappa shape index (κ2) is 3.58. The van der Waals surface area contributed by atoms with Gasteiger partial charge in [-0.15, -0.1) is 0 Å². The molecule has 2 fully saturated rings. The van der Waals surface area contributed by atoms with Crippen molar-refractivity contribution < 1.29 is 9.59 Å². The van der Waals surface area contributed by atoms with Crippen molar-refractivity contribution in [3.8, 4) is 0 Å². The molecule has 0 N–H and O–H groups in total. The minimum atomic E-state index is -0.0577. The van der Waals surface area contributed by atoms with Gasteiger partial charge in [0.15, 0.2) is 0 Å². The van der Waals surface area contributed by atoms with Gasteiger partial charge in [-0.1, -0.05) is 17.7 Å². The summed E-state index contributed by atoms with van der Waals surface area (Å²) >= 11 is 0. The van der Waals surface area contributed by atoms with E-state index in [1.54, 1.807) is 9.80 Å². The van der Waals surface area contributed by atoms with Crippen LogP contribution in [0.1, 0.15) is 18.4 Å². The highest BCUT2D eigenvalue weighted by Crippen LogP contribution is 2.31. The van der Waals surface area contributed by atoms with Crippen LogP contribution in [0.3, 0.4) is 0 Å². The van der Waals surface area contributed by atoms with Crippen LogP contribution in [-0.2, 0) is 9.59 Å². The Morgan fingerprint density at radius 1 is 1.12 bits per heavy atom. The van der Waals surface area contributed by atoms with E-state index in [9.17, 15) is 9.59 Å². The molecule has 4 nitrogen and oxygen atoms in total. The first kappa shape index (κ1) is 10.3. The predicted molar refractivity (Wildman–Crippen MR) is 63.4 cm³/mol. The van der Waals surface area contributed by atoms with Gasteiger partial charge in [0.2, 0.25) is 11.8 Å². The second-order valence-electron chi connectivity index (χ2n) is 4.64. The molecule has 1 aromatic carbocycles. The molecule has 4 heteroatoms. The third kappa shape index (κ3) is 1.52. The predicted octanol–water partition coefficient (Wildman–Crippen LogP) is 1.29. The lowest BCUT2D eigenvalue weighted by Crippen LogP contribution is -2.36. The maximum Gasteiger partial charge on any atom is 0.248 e. The summed E-state index contributed by atoms with van der Waals surface area (Å²) in [6.07, 6.45) is 1.25. The zero-order valence-corrected chi connectivity index (χ0v) is 9.72. The molecule has 0 aromatic heterocycles. The molecule has 1 atom stereocenters. The topological polar surface area (TPSA) is 40.6 Å². The summed E-state index contributed by atoms with van der Waals surface area (Å²) in [6.45, 7) is 2.25. The number of aryl methyl sites for hydroxylation is 1. The SMILES string of the molecule is Cc1ccc(N2C(=O)CN3C(=O)CC[C@H]32)cc1. The molecule has 2 saturated heterocycles. The van der Waals surface area contributed by atoms with Crippen LogP contribution < -0.4 is 4.90 Å². The average molecular weight is 230 g/mol. The van der Waals surface area contributed by atoms with Crippen molar-refractivity contribution in [2.45, 2.75) is 25.9 Å². The lowest BCUT2D eigenvalue weighted by molar-refractivity contribution is -0.129. The number of anilines is 1. The summed E-state index contributed by atoms with van der Waals surface area (Å²) in [5.41, 5.74) is 2.06. The summed E-state index contributed by atoms with van der Waals surface area (Å²) in [6, 6.07) is 7.86. The summed E-state index contributed by atoms with van der Waals surface area (Å²) < 4.78 is 0. The van der Waals surface area contributed by atoms with Crippen molar-refractivity contribution in [3.63, 3.8) is 0 Å². The number of carbonyl (C=O) groups is 2. The van der Waals surface area contributed by atoms with Crippen molar-refractivity contribution in [1.82, 2.24) is 4.90 Å². The summed E-state index contributed by atoms with van der Waals surface area (Å²) in [5, 5.41) is 0. The fourth-order valence-corrected chi connectivity index (χ4v) is 2.59. The molecule has 0 radical (unpaired) electrons. The molecule has 0 spiro atoms. The summed E-state index contributed by atoms with van der Waals surface area (Å²) in [5.74, 6) is 0.116. The van der Waals surface area contributed by atoms with E-state index in [1.807, 2.05) is 31.2 Å². The van der Waals surface area contributed by atoms with E-state index in [0.717, 1.165) is 12.1 Å². The lowest BCUT2D eigenvalue weighted by Gasteiger charge is -2.24. The van der Waals surface area contributed by atoms with Gasteiger partial charge < -0.3 is 4.90 Å². The maximum absolute atomic E-state index is 12.0. The molecule has 0 saturated carbocycles. The first-order chi connectivity index (χ1) is 8.16. The molecule has 2 amide bonds. The van der Waals surface area contributed by atoms with Crippen LogP contribution in [0.2, 0.25) is 0 Å². The minimum Gasteiger partial charge on any atom is -0.312 e. The highest BCUT2D eigenvalue weighted by atomic mass is 16.2. The van der Waals surface area contributed by atoms with E-state index in [-0.39, 0.29) is 24.5 Å². The van der Waals surface area contributed by atoms with Crippen molar-refractivity contribution in [2.24, 2.45) is 0 Å². The van der Waals surface area contributed by atoms with Gasteiger partial charge in [0, 0.05) is 12.1 Å². The van der Waals surface area contributed by atoms with E-state index in [4.69, 9.17) is 0 Å². The average Bonchev–Trinajstić information content (AvgIpc) is 2.81. The Hall–Kier alpha value is -1.84. The van der Waals surface area contributed by atoms with Crippen LogP contribution in [0.15, 0.2) is 24.3 Å². The Kier molecular flexibility index (Phi) is 2.18. The van der Waals surface area contributed by atoms with Crippen LogP contribution in [0, 0.1) is 6.92 Å². The first-order valence-corrected chi connectivity index (χ1v) is 5.85. The van der Waals surface area contributed by atoms with Crippen molar-refractivity contribution >= 4 is 17.5 Å². The number of rotatable bonds is 1. The molecular formula is C13H14N2O2. The van der Waals surface area contributed by atoms with E-state index in [0.29, 0.717) is 6.42 Å². The third-order valence-electron chi connectivity index (χ3n) is 3.48. The number of nitrogens with zero attached hydrogens (tertiary/aromatic N) is 2. The Morgan fingerprint density at radius 3 is 2.53 bits per heavy atom. The van der Waals surface area contributed by atoms with Gasteiger partial charge in [-0.05, 0) is 25.5 Å². The highest BCUT2D eigenvalue weighted by molar-refractivity contribution is 6.02. The molecule has 2 heterocycles. The zero-order chi connectivity index (χ0) is 12.0. The van der Waals surface area contributed by atoms with Crippen LogP contribution in [0.25, 0.3) is 0 Å². The number of benzene rings is 1. The van der Waals surface area contributed by atoms with Gasteiger partial charge in [-0.2, -0.15) is 0 Å². The van der Waals surface area contributed by atoms with Crippen LogP contribution in [0.4, 0.5) is 5.69 Å². The summed E-state index contributed by atoms with van der Waals surface area (Å²) in [7, 11) is 0. The highest BCUT2D eigenvalue weighted by Gasteiger charge is 2.44. The van der Waals surface area contributed by atoms with Crippen molar-refractivity contribution in [3.05, 3.63) is 29.8 Å². The van der Waals surface area contributed by atoms with Gasteiger partial charge in [-0.25, -0.2) is 0 Å². The quantitative estimate of drug-likeness (QED) is 0.729. The van der Waals surface area contributed by atoms with Crippen molar-refractivity contribution in [1.29, 1.82) is 0 Å².